The molecule has 2 fully saturated rings. The Kier molecular flexibility index (Phi) is 8.40. The van der Waals surface area contributed by atoms with Crippen molar-refractivity contribution in [3.05, 3.63) is 17.7 Å². The fourth-order valence-electron chi connectivity index (χ4n) is 4.32. The van der Waals surface area contributed by atoms with Crippen molar-refractivity contribution >= 4 is 17.6 Å². The van der Waals surface area contributed by atoms with Crippen LogP contribution in [0.5, 0.6) is 11.5 Å². The molecular weight excluding hydrogens is 398 g/mol. The van der Waals surface area contributed by atoms with Crippen LogP contribution in [0, 0.1) is 5.92 Å². The standard InChI is InChI=1S/C23H35N3O5/c1-16-8-4-5-9-19(16)31-13-10-24-23(28)25-18-15-21(30-3)20(29-2)14-17(18)22(27)26-11-6-7-12-26/h14-16,19H,4-13H2,1-3H3,(H2,24,25,28). The Hall–Kier alpha value is -2.48. The van der Waals surface area contributed by atoms with E-state index in [4.69, 9.17) is 14.2 Å². The number of urea groups is 1. The van der Waals surface area contributed by atoms with Gasteiger partial charge in [-0.1, -0.05) is 19.8 Å². The molecule has 1 aromatic carbocycles. The highest BCUT2D eigenvalue weighted by atomic mass is 16.5. The van der Waals surface area contributed by atoms with E-state index in [1.54, 1.807) is 17.0 Å². The Balaban J connectivity index is 1.61. The molecule has 1 saturated carbocycles. The maximum atomic E-state index is 13.0. The van der Waals surface area contributed by atoms with Crippen molar-refractivity contribution in [2.75, 3.05) is 45.8 Å². The van der Waals surface area contributed by atoms with Crippen molar-refractivity contribution in [1.29, 1.82) is 0 Å². The highest BCUT2D eigenvalue weighted by Gasteiger charge is 2.25. The third-order valence-electron chi connectivity index (χ3n) is 6.15. The summed E-state index contributed by atoms with van der Waals surface area (Å²) in [4.78, 5) is 27.3. The van der Waals surface area contributed by atoms with Gasteiger partial charge in [-0.15, -0.1) is 0 Å². The van der Waals surface area contributed by atoms with E-state index in [-0.39, 0.29) is 18.0 Å². The Bertz CT molecular complexity index is 764. The Morgan fingerprint density at radius 1 is 1.03 bits per heavy atom. The molecule has 3 amide bonds. The monoisotopic (exact) mass is 433 g/mol. The number of benzene rings is 1. The van der Waals surface area contributed by atoms with Gasteiger partial charge in [-0.05, 0) is 37.7 Å². The van der Waals surface area contributed by atoms with Crippen molar-refractivity contribution in [3.8, 4) is 11.5 Å². The smallest absolute Gasteiger partial charge is 0.319 e. The molecule has 0 radical (unpaired) electrons. The van der Waals surface area contributed by atoms with E-state index in [1.807, 2.05) is 0 Å². The molecule has 2 aliphatic rings. The molecule has 172 valence electrons. The lowest BCUT2D eigenvalue weighted by Gasteiger charge is -2.28. The molecule has 31 heavy (non-hydrogen) atoms. The predicted octanol–water partition coefficient (Wildman–Crippen LogP) is 3.66. The van der Waals surface area contributed by atoms with Gasteiger partial charge in [0.1, 0.15) is 0 Å². The first-order chi connectivity index (χ1) is 15.0. The lowest BCUT2D eigenvalue weighted by atomic mass is 9.88. The van der Waals surface area contributed by atoms with Gasteiger partial charge in [0.15, 0.2) is 11.5 Å². The minimum Gasteiger partial charge on any atom is -0.493 e. The zero-order valence-electron chi connectivity index (χ0n) is 18.9. The molecule has 1 aromatic rings. The number of likely N-dealkylation sites (tertiary alicyclic amines) is 1. The first-order valence-electron chi connectivity index (χ1n) is 11.2. The molecular formula is C23H35N3O5. The maximum Gasteiger partial charge on any atom is 0.319 e. The Morgan fingerprint density at radius 2 is 1.71 bits per heavy atom. The van der Waals surface area contributed by atoms with Crippen LogP contribution in [0.15, 0.2) is 12.1 Å². The SMILES string of the molecule is COc1cc(NC(=O)NCCOC2CCCCC2C)c(C(=O)N2CCCC2)cc1OC. The highest BCUT2D eigenvalue weighted by molar-refractivity contribution is 6.04. The van der Waals surface area contributed by atoms with Crippen LogP contribution in [-0.4, -0.2) is 63.4 Å². The summed E-state index contributed by atoms with van der Waals surface area (Å²) in [5.74, 6) is 1.34. The van der Waals surface area contributed by atoms with Crippen LogP contribution < -0.4 is 20.1 Å². The quantitative estimate of drug-likeness (QED) is 0.611. The first kappa shape index (κ1) is 23.2. The van der Waals surface area contributed by atoms with Crippen LogP contribution in [-0.2, 0) is 4.74 Å². The summed E-state index contributed by atoms with van der Waals surface area (Å²) >= 11 is 0. The average molecular weight is 434 g/mol. The molecule has 8 heteroatoms. The molecule has 0 spiro atoms. The summed E-state index contributed by atoms with van der Waals surface area (Å²) in [6.45, 7) is 4.52. The molecule has 8 nitrogen and oxygen atoms in total. The lowest BCUT2D eigenvalue weighted by molar-refractivity contribution is -0.00232. The van der Waals surface area contributed by atoms with Crippen LogP contribution in [0.25, 0.3) is 0 Å². The molecule has 0 bridgehead atoms. The number of amides is 3. The Labute approximate surface area is 184 Å². The fraction of sp³-hybridized carbons (Fsp3) is 0.652. The van der Waals surface area contributed by atoms with Crippen molar-refractivity contribution in [2.45, 2.75) is 51.6 Å². The minimum atomic E-state index is -0.386. The summed E-state index contributed by atoms with van der Waals surface area (Å²) in [7, 11) is 3.04. The molecule has 0 aromatic heterocycles. The summed E-state index contributed by atoms with van der Waals surface area (Å²) in [5, 5.41) is 5.61. The third-order valence-corrected chi connectivity index (χ3v) is 6.15. The second-order valence-electron chi connectivity index (χ2n) is 8.30. The normalized spacial score (nSPS) is 20.9. The highest BCUT2D eigenvalue weighted by Crippen LogP contribution is 2.34. The zero-order valence-corrected chi connectivity index (χ0v) is 18.9. The van der Waals surface area contributed by atoms with Crippen molar-refractivity contribution in [2.24, 2.45) is 5.92 Å². The number of methoxy groups -OCH3 is 2. The van der Waals surface area contributed by atoms with Crippen molar-refractivity contribution in [1.82, 2.24) is 10.2 Å². The number of hydrogen-bond donors (Lipinski definition) is 2. The van der Waals surface area contributed by atoms with Gasteiger partial charge in [0.05, 0.1) is 38.2 Å². The van der Waals surface area contributed by atoms with Gasteiger partial charge in [0.2, 0.25) is 0 Å². The van der Waals surface area contributed by atoms with Crippen molar-refractivity contribution < 1.29 is 23.8 Å². The van der Waals surface area contributed by atoms with Gasteiger partial charge in [0.25, 0.3) is 5.91 Å². The first-order valence-corrected chi connectivity index (χ1v) is 11.2. The van der Waals surface area contributed by atoms with Gasteiger partial charge < -0.3 is 29.7 Å². The molecule has 1 saturated heterocycles. The maximum absolute atomic E-state index is 13.0. The number of rotatable bonds is 8. The number of ether oxygens (including phenoxy) is 3. The van der Waals surface area contributed by atoms with Crippen LogP contribution in [0.2, 0.25) is 0 Å². The average Bonchev–Trinajstić information content (AvgIpc) is 3.32. The second kappa shape index (κ2) is 11.2. The number of anilines is 1. The number of nitrogens with zero attached hydrogens (tertiary/aromatic N) is 1. The van der Waals surface area contributed by atoms with Gasteiger partial charge in [-0.25, -0.2) is 4.79 Å². The number of carbonyl (C=O) groups excluding carboxylic acids is 2. The van der Waals surface area contributed by atoms with Gasteiger partial charge in [0, 0.05) is 25.7 Å². The van der Waals surface area contributed by atoms with E-state index in [0.717, 1.165) is 32.4 Å². The molecule has 1 aliphatic carbocycles. The molecule has 1 heterocycles. The van der Waals surface area contributed by atoms with Crippen LogP contribution >= 0.6 is 0 Å². The second-order valence-corrected chi connectivity index (χ2v) is 8.30. The largest absolute Gasteiger partial charge is 0.493 e. The number of nitrogens with one attached hydrogen (secondary N) is 2. The van der Waals surface area contributed by atoms with E-state index >= 15 is 0 Å². The fourth-order valence-corrected chi connectivity index (χ4v) is 4.32. The summed E-state index contributed by atoms with van der Waals surface area (Å²) in [6.07, 6.45) is 7.01. The summed E-state index contributed by atoms with van der Waals surface area (Å²) < 4.78 is 16.7. The molecule has 3 rings (SSSR count). The van der Waals surface area contributed by atoms with E-state index in [9.17, 15) is 9.59 Å². The zero-order chi connectivity index (χ0) is 22.2. The summed E-state index contributed by atoms with van der Waals surface area (Å²) in [5.41, 5.74) is 0.788. The molecule has 2 N–H and O–H groups in total. The number of hydrogen-bond acceptors (Lipinski definition) is 5. The number of carbonyl (C=O) groups is 2. The Morgan fingerprint density at radius 3 is 2.39 bits per heavy atom. The molecule has 2 unspecified atom stereocenters. The van der Waals surface area contributed by atoms with E-state index in [2.05, 4.69) is 17.6 Å². The summed E-state index contributed by atoms with van der Waals surface area (Å²) in [6, 6.07) is 2.87. The third kappa shape index (κ3) is 6.03. The minimum absolute atomic E-state index is 0.122. The molecule has 1 aliphatic heterocycles. The topological polar surface area (TPSA) is 89.1 Å². The van der Waals surface area contributed by atoms with Crippen LogP contribution in [0.4, 0.5) is 10.5 Å². The van der Waals surface area contributed by atoms with Crippen LogP contribution in [0.1, 0.15) is 55.8 Å². The van der Waals surface area contributed by atoms with Gasteiger partial charge in [-0.2, -0.15) is 0 Å². The van der Waals surface area contributed by atoms with Gasteiger partial charge >= 0.3 is 6.03 Å². The van der Waals surface area contributed by atoms with Gasteiger partial charge in [-0.3, -0.25) is 4.79 Å². The van der Waals surface area contributed by atoms with Crippen molar-refractivity contribution in [3.63, 3.8) is 0 Å². The predicted molar refractivity (Wildman–Crippen MR) is 119 cm³/mol. The molecule has 2 atom stereocenters. The lowest BCUT2D eigenvalue weighted by Crippen LogP contribution is -2.35. The van der Waals surface area contributed by atoms with E-state index < -0.39 is 0 Å². The van der Waals surface area contributed by atoms with E-state index in [0.29, 0.717) is 41.8 Å². The van der Waals surface area contributed by atoms with E-state index in [1.165, 1.54) is 33.5 Å². The van der Waals surface area contributed by atoms with Crippen LogP contribution in [0.3, 0.4) is 0 Å².